The topological polar surface area (TPSA) is 127 Å². The van der Waals surface area contributed by atoms with E-state index < -0.39 is 23.9 Å². The van der Waals surface area contributed by atoms with Crippen molar-refractivity contribution >= 4 is 51.8 Å². The highest BCUT2D eigenvalue weighted by Gasteiger charge is 2.30. The third kappa shape index (κ3) is 5.72. The van der Waals surface area contributed by atoms with Crippen molar-refractivity contribution in [2.45, 2.75) is 45.2 Å². The predicted molar refractivity (Wildman–Crippen MR) is 122 cm³/mol. The van der Waals surface area contributed by atoms with Crippen LogP contribution < -0.4 is 16.0 Å². The van der Waals surface area contributed by atoms with Gasteiger partial charge in [0, 0.05) is 28.4 Å². The van der Waals surface area contributed by atoms with E-state index in [0.29, 0.717) is 40.3 Å². The second-order valence-electron chi connectivity index (χ2n) is 8.39. The van der Waals surface area contributed by atoms with Crippen LogP contribution in [0.25, 0.3) is 10.9 Å². The lowest BCUT2D eigenvalue weighted by Gasteiger charge is -2.22. The van der Waals surface area contributed by atoms with Gasteiger partial charge in [0.1, 0.15) is 17.8 Å². The highest BCUT2D eigenvalue weighted by atomic mass is 35.5. The Kier molecular flexibility index (Phi) is 7.64. The summed E-state index contributed by atoms with van der Waals surface area (Å²) in [6, 6.07) is 5.23. The number of halogens is 2. The normalized spacial score (nSPS) is 17.6. The fraction of sp³-hybridized carbons (Fsp3) is 0.455. The third-order valence-electron chi connectivity index (χ3n) is 5.38. The Morgan fingerprint density at radius 2 is 2.00 bits per heavy atom. The van der Waals surface area contributed by atoms with E-state index in [4.69, 9.17) is 23.2 Å². The maximum Gasteiger partial charge on any atom is 0.268 e. The van der Waals surface area contributed by atoms with E-state index in [9.17, 15) is 19.6 Å². The zero-order valence-electron chi connectivity index (χ0n) is 17.8. The average molecular weight is 478 g/mol. The Labute approximate surface area is 196 Å². The van der Waals surface area contributed by atoms with Crippen LogP contribution in [0.1, 0.15) is 43.6 Å². The molecular weight excluding hydrogens is 453 g/mol. The molecule has 170 valence electrons. The van der Waals surface area contributed by atoms with Crippen LogP contribution in [0.15, 0.2) is 18.2 Å². The van der Waals surface area contributed by atoms with Gasteiger partial charge < -0.3 is 20.9 Å². The molecule has 3 amide bonds. The number of amides is 3. The van der Waals surface area contributed by atoms with Crippen LogP contribution in [-0.2, 0) is 9.59 Å². The lowest BCUT2D eigenvalue weighted by molar-refractivity contribution is -0.125. The number of hydrogen-bond acceptors (Lipinski definition) is 4. The number of fused-ring (bicyclic) bond motifs is 1. The maximum absolute atomic E-state index is 12.9. The second kappa shape index (κ2) is 10.2. The molecule has 1 aromatic heterocycles. The number of hydrogen-bond donors (Lipinski definition) is 4. The van der Waals surface area contributed by atoms with Gasteiger partial charge in [-0.25, -0.2) is 0 Å². The van der Waals surface area contributed by atoms with Crippen LogP contribution in [0.4, 0.5) is 0 Å². The van der Waals surface area contributed by atoms with Crippen molar-refractivity contribution in [1.29, 1.82) is 5.26 Å². The molecule has 0 unspecified atom stereocenters. The number of carbonyl (C=O) groups is 3. The van der Waals surface area contributed by atoms with Gasteiger partial charge in [0.15, 0.2) is 0 Å². The molecule has 1 aliphatic rings. The van der Waals surface area contributed by atoms with Crippen molar-refractivity contribution in [2.24, 2.45) is 11.8 Å². The minimum absolute atomic E-state index is 0.107. The minimum atomic E-state index is -0.846. The molecular formula is C22H25Cl2N5O3. The summed E-state index contributed by atoms with van der Waals surface area (Å²) in [5.41, 5.74) is 0.849. The number of carbonyl (C=O) groups excluding carboxylic acids is 3. The van der Waals surface area contributed by atoms with E-state index >= 15 is 0 Å². The Morgan fingerprint density at radius 3 is 2.62 bits per heavy atom. The van der Waals surface area contributed by atoms with Gasteiger partial charge >= 0.3 is 0 Å². The fourth-order valence-electron chi connectivity index (χ4n) is 3.79. The molecule has 1 saturated heterocycles. The number of aromatic nitrogens is 1. The molecule has 3 atom stereocenters. The molecule has 0 bridgehead atoms. The van der Waals surface area contributed by atoms with Crippen molar-refractivity contribution in [1.82, 2.24) is 20.9 Å². The first-order valence-corrected chi connectivity index (χ1v) is 11.2. The Morgan fingerprint density at radius 1 is 1.25 bits per heavy atom. The number of H-pyrrole nitrogens is 1. The van der Waals surface area contributed by atoms with E-state index in [1.165, 1.54) is 0 Å². The summed E-state index contributed by atoms with van der Waals surface area (Å²) in [5.74, 6) is -1.24. The quantitative estimate of drug-likeness (QED) is 0.465. The van der Waals surface area contributed by atoms with Gasteiger partial charge in [0.25, 0.3) is 5.91 Å². The van der Waals surface area contributed by atoms with Gasteiger partial charge in [-0.3, -0.25) is 14.4 Å². The molecule has 3 rings (SSSR count). The smallest absolute Gasteiger partial charge is 0.268 e. The molecule has 0 radical (unpaired) electrons. The maximum atomic E-state index is 12.9. The molecule has 2 aromatic rings. The van der Waals surface area contributed by atoms with Crippen molar-refractivity contribution in [3.05, 3.63) is 33.9 Å². The first-order valence-electron chi connectivity index (χ1n) is 10.4. The number of nitrogens with one attached hydrogen (secondary N) is 4. The molecule has 32 heavy (non-hydrogen) atoms. The largest absolute Gasteiger partial charge is 0.356 e. The first kappa shape index (κ1) is 23.9. The van der Waals surface area contributed by atoms with Gasteiger partial charge in [-0.15, -0.1) is 0 Å². The third-order valence-corrected chi connectivity index (χ3v) is 5.91. The van der Waals surface area contributed by atoms with E-state index in [1.54, 1.807) is 18.2 Å². The van der Waals surface area contributed by atoms with Gasteiger partial charge in [0.2, 0.25) is 11.8 Å². The summed E-state index contributed by atoms with van der Waals surface area (Å²) < 4.78 is 0. The van der Waals surface area contributed by atoms with E-state index in [2.05, 4.69) is 20.9 Å². The van der Waals surface area contributed by atoms with Gasteiger partial charge in [-0.2, -0.15) is 5.26 Å². The number of nitrogens with zero attached hydrogens (tertiary/aromatic N) is 1. The van der Waals surface area contributed by atoms with Gasteiger partial charge in [-0.1, -0.05) is 37.0 Å². The highest BCUT2D eigenvalue weighted by molar-refractivity contribution is 6.38. The number of rotatable bonds is 8. The van der Waals surface area contributed by atoms with Crippen LogP contribution in [0, 0.1) is 23.2 Å². The Balaban J connectivity index is 1.72. The molecule has 1 fully saturated rings. The van der Waals surface area contributed by atoms with Crippen LogP contribution in [0.3, 0.4) is 0 Å². The summed E-state index contributed by atoms with van der Waals surface area (Å²) >= 11 is 12.2. The molecule has 1 aliphatic heterocycles. The molecule has 0 saturated carbocycles. The molecule has 0 aliphatic carbocycles. The Bertz CT molecular complexity index is 1080. The van der Waals surface area contributed by atoms with Crippen molar-refractivity contribution in [2.75, 3.05) is 6.54 Å². The summed E-state index contributed by atoms with van der Waals surface area (Å²) in [6.45, 7) is 4.44. The lowest BCUT2D eigenvalue weighted by atomic mass is 9.98. The van der Waals surface area contributed by atoms with Crippen LogP contribution in [-0.4, -0.2) is 41.3 Å². The number of benzene rings is 1. The van der Waals surface area contributed by atoms with Crippen molar-refractivity contribution in [3.8, 4) is 6.07 Å². The zero-order valence-corrected chi connectivity index (χ0v) is 19.3. The number of nitriles is 1. The van der Waals surface area contributed by atoms with Crippen LogP contribution >= 0.6 is 23.2 Å². The summed E-state index contributed by atoms with van der Waals surface area (Å²) in [6.07, 6.45) is 1.25. The molecule has 2 heterocycles. The predicted octanol–water partition coefficient (Wildman–Crippen LogP) is 3.15. The molecule has 1 aromatic carbocycles. The van der Waals surface area contributed by atoms with Crippen molar-refractivity contribution < 1.29 is 14.4 Å². The molecule has 4 N–H and O–H groups in total. The van der Waals surface area contributed by atoms with Crippen LogP contribution in [0.2, 0.25) is 10.0 Å². The van der Waals surface area contributed by atoms with E-state index in [1.807, 2.05) is 19.9 Å². The van der Waals surface area contributed by atoms with Crippen LogP contribution in [0.5, 0.6) is 0 Å². The second-order valence-corrected chi connectivity index (χ2v) is 9.23. The zero-order chi connectivity index (χ0) is 23.4. The fourth-order valence-corrected chi connectivity index (χ4v) is 4.34. The van der Waals surface area contributed by atoms with Gasteiger partial charge in [-0.05, 0) is 43.4 Å². The Hall–Kier alpha value is -2.76. The van der Waals surface area contributed by atoms with E-state index in [0.717, 1.165) is 0 Å². The SMILES string of the molecule is CC(C)C[C@H](NC(=O)c1cc2c(Cl)cc(Cl)cc2[nH]1)C(=O)N[C@H](C#N)C[C@@H]1CCNC1=O. The van der Waals surface area contributed by atoms with Crippen molar-refractivity contribution in [3.63, 3.8) is 0 Å². The minimum Gasteiger partial charge on any atom is -0.356 e. The monoisotopic (exact) mass is 477 g/mol. The lowest BCUT2D eigenvalue weighted by Crippen LogP contribution is -2.50. The molecule has 8 nitrogen and oxygen atoms in total. The van der Waals surface area contributed by atoms with Gasteiger partial charge in [0.05, 0.1) is 11.1 Å². The summed E-state index contributed by atoms with van der Waals surface area (Å²) in [5, 5.41) is 19.1. The summed E-state index contributed by atoms with van der Waals surface area (Å²) in [4.78, 5) is 40.6. The average Bonchev–Trinajstić information content (AvgIpc) is 3.32. The molecule has 10 heteroatoms. The molecule has 0 spiro atoms. The highest BCUT2D eigenvalue weighted by Crippen LogP contribution is 2.28. The first-order chi connectivity index (χ1) is 15.2. The summed E-state index contributed by atoms with van der Waals surface area (Å²) in [7, 11) is 0. The number of aromatic amines is 1. The van der Waals surface area contributed by atoms with E-state index in [-0.39, 0.29) is 29.9 Å². The standard InChI is InChI=1S/C22H25Cl2N5O3/c1-11(2)5-18(21(31)27-14(10-25)6-12-3-4-26-20(12)30)29-22(32)19-9-15-16(24)7-13(23)8-17(15)28-19/h7-9,11-12,14,18,28H,3-6H2,1-2H3,(H,26,30)(H,27,31)(H,29,32)/t12-,14-,18-/m0/s1.